The lowest BCUT2D eigenvalue weighted by molar-refractivity contribution is -0.121. The number of amides is 1. The number of carbonyl (C=O) groups excluding carboxylic acids is 1. The van der Waals surface area contributed by atoms with Gasteiger partial charge in [0.15, 0.2) is 5.69 Å². The average molecular weight is 225 g/mol. The summed E-state index contributed by atoms with van der Waals surface area (Å²) in [6.07, 6.45) is 2.66. The Balaban J connectivity index is 2.46. The molecule has 0 radical (unpaired) electrons. The minimum atomic E-state index is -1.10. The van der Waals surface area contributed by atoms with E-state index in [9.17, 15) is 9.59 Å². The van der Waals surface area contributed by atoms with Crippen molar-refractivity contribution in [2.75, 3.05) is 6.54 Å². The number of rotatable bonds is 5. The monoisotopic (exact) mass is 225 g/mol. The molecule has 2 N–H and O–H groups in total. The van der Waals surface area contributed by atoms with Crippen molar-refractivity contribution in [1.82, 2.24) is 14.9 Å². The molecule has 1 aromatic heterocycles. The quantitative estimate of drug-likeness (QED) is 0.757. The van der Waals surface area contributed by atoms with Crippen LogP contribution in [0.3, 0.4) is 0 Å². The van der Waals surface area contributed by atoms with Gasteiger partial charge in [0, 0.05) is 12.7 Å². The summed E-state index contributed by atoms with van der Waals surface area (Å²) in [5, 5.41) is 11.4. The molecular formula is C10H15N3O3. The Morgan fingerprint density at radius 2 is 2.25 bits per heavy atom. The van der Waals surface area contributed by atoms with Crippen LogP contribution in [0.2, 0.25) is 0 Å². The Hall–Kier alpha value is -1.85. The first kappa shape index (κ1) is 12.2. The Morgan fingerprint density at radius 1 is 1.56 bits per heavy atom. The predicted octanol–water partition coefficient (Wildman–Crippen LogP) is 0.353. The number of nitrogens with one attached hydrogen (secondary N) is 1. The summed E-state index contributed by atoms with van der Waals surface area (Å²) >= 11 is 0. The second-order valence-corrected chi connectivity index (χ2v) is 3.93. The molecule has 0 aromatic carbocycles. The summed E-state index contributed by atoms with van der Waals surface area (Å²) < 4.78 is 1.44. The predicted molar refractivity (Wildman–Crippen MR) is 57.0 cm³/mol. The van der Waals surface area contributed by atoms with Crippen molar-refractivity contribution in [2.45, 2.75) is 20.4 Å². The van der Waals surface area contributed by atoms with Gasteiger partial charge in [-0.3, -0.25) is 4.79 Å². The van der Waals surface area contributed by atoms with Gasteiger partial charge in [-0.15, -0.1) is 0 Å². The molecule has 0 atom stereocenters. The molecule has 88 valence electrons. The molecule has 6 nitrogen and oxygen atoms in total. The molecule has 16 heavy (non-hydrogen) atoms. The molecule has 0 fully saturated rings. The SMILES string of the molecule is CC(C)CNC(=O)Cn1cnc(C(=O)O)c1. The molecule has 0 spiro atoms. The van der Waals surface area contributed by atoms with E-state index in [1.807, 2.05) is 13.8 Å². The van der Waals surface area contributed by atoms with Crippen molar-refractivity contribution in [3.8, 4) is 0 Å². The molecule has 0 aliphatic rings. The van der Waals surface area contributed by atoms with Crippen LogP contribution >= 0.6 is 0 Å². The van der Waals surface area contributed by atoms with Gasteiger partial charge in [-0.05, 0) is 5.92 Å². The summed E-state index contributed by atoms with van der Waals surface area (Å²) in [5.41, 5.74) is -0.0586. The van der Waals surface area contributed by atoms with Crippen LogP contribution in [0.25, 0.3) is 0 Å². The topological polar surface area (TPSA) is 84.2 Å². The second kappa shape index (κ2) is 5.29. The lowest BCUT2D eigenvalue weighted by Crippen LogP contribution is -2.30. The number of hydrogen-bond acceptors (Lipinski definition) is 3. The van der Waals surface area contributed by atoms with Crippen molar-refractivity contribution >= 4 is 11.9 Å². The smallest absolute Gasteiger partial charge is 0.356 e. The van der Waals surface area contributed by atoms with Crippen LogP contribution < -0.4 is 5.32 Å². The van der Waals surface area contributed by atoms with E-state index in [2.05, 4.69) is 10.3 Å². The second-order valence-electron chi connectivity index (χ2n) is 3.93. The van der Waals surface area contributed by atoms with Crippen LogP contribution in [0.15, 0.2) is 12.5 Å². The molecule has 0 bridgehead atoms. The van der Waals surface area contributed by atoms with Gasteiger partial charge in [-0.25, -0.2) is 9.78 Å². The molecule has 1 heterocycles. The van der Waals surface area contributed by atoms with Gasteiger partial charge in [-0.2, -0.15) is 0 Å². The van der Waals surface area contributed by atoms with Crippen LogP contribution in [-0.2, 0) is 11.3 Å². The number of nitrogens with zero attached hydrogens (tertiary/aromatic N) is 2. The number of carboxylic acids is 1. The Morgan fingerprint density at radius 3 is 2.75 bits per heavy atom. The number of carboxylic acid groups (broad SMARTS) is 1. The zero-order valence-corrected chi connectivity index (χ0v) is 9.30. The van der Waals surface area contributed by atoms with Gasteiger partial charge in [0.05, 0.1) is 6.33 Å². The Kier molecular flexibility index (Phi) is 4.04. The van der Waals surface area contributed by atoms with Crippen LogP contribution in [0.4, 0.5) is 0 Å². The first-order valence-electron chi connectivity index (χ1n) is 5.01. The summed E-state index contributed by atoms with van der Waals surface area (Å²) in [6, 6.07) is 0. The number of aromatic carboxylic acids is 1. The summed E-state index contributed by atoms with van der Waals surface area (Å²) in [6.45, 7) is 4.70. The van der Waals surface area contributed by atoms with Gasteiger partial charge in [0.25, 0.3) is 0 Å². The van der Waals surface area contributed by atoms with Gasteiger partial charge in [-0.1, -0.05) is 13.8 Å². The van der Waals surface area contributed by atoms with Gasteiger partial charge >= 0.3 is 5.97 Å². The van der Waals surface area contributed by atoms with E-state index in [0.29, 0.717) is 12.5 Å². The fourth-order valence-electron chi connectivity index (χ4n) is 1.10. The molecule has 0 unspecified atom stereocenters. The largest absolute Gasteiger partial charge is 0.476 e. The zero-order chi connectivity index (χ0) is 12.1. The standard InChI is InChI=1S/C10H15N3O3/c1-7(2)3-11-9(14)5-13-4-8(10(15)16)12-6-13/h4,6-7H,3,5H2,1-2H3,(H,11,14)(H,15,16). The van der Waals surface area contributed by atoms with Crippen molar-refractivity contribution in [3.05, 3.63) is 18.2 Å². The summed E-state index contributed by atoms with van der Waals surface area (Å²) in [5.74, 6) is -0.856. The number of carbonyl (C=O) groups is 2. The minimum Gasteiger partial charge on any atom is -0.476 e. The Bertz CT molecular complexity index is 384. The van der Waals surface area contributed by atoms with E-state index in [1.54, 1.807) is 0 Å². The van der Waals surface area contributed by atoms with Gasteiger partial charge in [0.2, 0.25) is 5.91 Å². The maximum absolute atomic E-state index is 11.4. The molecule has 0 aliphatic heterocycles. The van der Waals surface area contributed by atoms with Crippen LogP contribution in [0.5, 0.6) is 0 Å². The number of aromatic nitrogens is 2. The number of hydrogen-bond donors (Lipinski definition) is 2. The summed E-state index contributed by atoms with van der Waals surface area (Å²) in [7, 11) is 0. The highest BCUT2D eigenvalue weighted by Gasteiger charge is 2.08. The molecule has 1 amide bonds. The van der Waals surface area contributed by atoms with Crippen molar-refractivity contribution in [2.24, 2.45) is 5.92 Å². The van der Waals surface area contributed by atoms with Crippen molar-refractivity contribution in [1.29, 1.82) is 0 Å². The van der Waals surface area contributed by atoms with Gasteiger partial charge < -0.3 is 15.0 Å². The van der Waals surface area contributed by atoms with Crippen molar-refractivity contribution in [3.63, 3.8) is 0 Å². The zero-order valence-electron chi connectivity index (χ0n) is 9.30. The third-order valence-corrected chi connectivity index (χ3v) is 1.89. The van der Waals surface area contributed by atoms with E-state index in [-0.39, 0.29) is 18.1 Å². The van der Waals surface area contributed by atoms with Gasteiger partial charge in [0.1, 0.15) is 6.54 Å². The van der Waals surface area contributed by atoms with E-state index in [0.717, 1.165) is 0 Å². The third kappa shape index (κ3) is 3.72. The fourth-order valence-corrected chi connectivity index (χ4v) is 1.10. The van der Waals surface area contributed by atoms with Crippen LogP contribution in [0, 0.1) is 5.92 Å². The Labute approximate surface area is 93.3 Å². The number of imidazole rings is 1. The van der Waals surface area contributed by atoms with E-state index >= 15 is 0 Å². The lowest BCUT2D eigenvalue weighted by atomic mass is 10.2. The summed E-state index contributed by atoms with van der Waals surface area (Å²) in [4.78, 5) is 25.6. The fraction of sp³-hybridized carbons (Fsp3) is 0.500. The maximum Gasteiger partial charge on any atom is 0.356 e. The normalized spacial score (nSPS) is 10.4. The van der Waals surface area contributed by atoms with Crippen molar-refractivity contribution < 1.29 is 14.7 Å². The first-order chi connectivity index (χ1) is 7.49. The average Bonchev–Trinajstić information content (AvgIpc) is 2.63. The minimum absolute atomic E-state index is 0.0586. The molecule has 0 saturated heterocycles. The third-order valence-electron chi connectivity index (χ3n) is 1.89. The lowest BCUT2D eigenvalue weighted by Gasteiger charge is -2.07. The molecule has 6 heteroatoms. The highest BCUT2D eigenvalue weighted by atomic mass is 16.4. The first-order valence-corrected chi connectivity index (χ1v) is 5.01. The van der Waals surface area contributed by atoms with E-state index in [4.69, 9.17) is 5.11 Å². The maximum atomic E-state index is 11.4. The van der Waals surface area contributed by atoms with E-state index < -0.39 is 5.97 Å². The van der Waals surface area contributed by atoms with E-state index in [1.165, 1.54) is 17.1 Å². The molecule has 1 aromatic rings. The van der Waals surface area contributed by atoms with Crippen LogP contribution in [-0.4, -0.2) is 33.1 Å². The molecular weight excluding hydrogens is 210 g/mol. The molecule has 0 aliphatic carbocycles. The van der Waals surface area contributed by atoms with Crippen LogP contribution in [0.1, 0.15) is 24.3 Å². The highest BCUT2D eigenvalue weighted by molar-refractivity contribution is 5.85. The highest BCUT2D eigenvalue weighted by Crippen LogP contribution is 1.96. The molecule has 0 saturated carbocycles. The molecule has 1 rings (SSSR count).